The highest BCUT2D eigenvalue weighted by Gasteiger charge is 2.46. The van der Waals surface area contributed by atoms with Crippen LogP contribution < -0.4 is 0 Å². The molecule has 0 aromatic carbocycles. The zero-order valence-corrected chi connectivity index (χ0v) is 9.03. The Hall–Kier alpha value is -1.19. The molecule has 1 atom stereocenters. The molecule has 14 heavy (non-hydrogen) atoms. The largest absolute Gasteiger partial charge is 0.510 e. The number of Topliss-reactive ketones (excluding diaryl/α,β-unsaturated/α-hetero) is 1. The van der Waals surface area contributed by atoms with Gasteiger partial charge in [-0.15, -0.1) is 5.11 Å². The molecule has 0 bridgehead atoms. The Morgan fingerprint density at radius 2 is 1.93 bits per heavy atom. The second-order valence-electron chi connectivity index (χ2n) is 4.41. The zero-order valence-electron chi connectivity index (χ0n) is 9.03. The van der Waals surface area contributed by atoms with Gasteiger partial charge in [0.15, 0.2) is 11.5 Å². The number of ketones is 1. The van der Waals surface area contributed by atoms with Crippen LogP contribution in [-0.2, 0) is 4.79 Å². The molecule has 4 nitrogen and oxygen atoms in total. The molecule has 0 amide bonds. The van der Waals surface area contributed by atoms with Crippen molar-refractivity contribution in [2.75, 3.05) is 0 Å². The topological polar surface area (TPSA) is 62.0 Å². The van der Waals surface area contributed by atoms with Crippen molar-refractivity contribution in [3.63, 3.8) is 0 Å². The second kappa shape index (κ2) is 3.52. The van der Waals surface area contributed by atoms with Crippen LogP contribution in [0.4, 0.5) is 0 Å². The number of carbonyl (C=O) groups is 1. The van der Waals surface area contributed by atoms with Crippen molar-refractivity contribution >= 4 is 5.78 Å². The SMILES string of the molecule is CC(=O)/C(N=NC1CC1(C)C)=C(\C)O. The Labute approximate surface area is 83.7 Å². The van der Waals surface area contributed by atoms with E-state index in [1.165, 1.54) is 13.8 Å². The number of rotatable bonds is 3. The molecule has 1 fully saturated rings. The maximum Gasteiger partial charge on any atom is 0.183 e. The third kappa shape index (κ3) is 2.40. The van der Waals surface area contributed by atoms with E-state index in [0.717, 1.165) is 6.42 Å². The van der Waals surface area contributed by atoms with E-state index < -0.39 is 0 Å². The summed E-state index contributed by atoms with van der Waals surface area (Å²) in [6.45, 7) is 7.00. The fourth-order valence-corrected chi connectivity index (χ4v) is 1.16. The number of azo groups is 1. The van der Waals surface area contributed by atoms with E-state index in [1.54, 1.807) is 0 Å². The standard InChI is InChI=1S/C10H16N2O2/c1-6(13)9(7(2)14)12-11-8-5-10(8,3)4/h8,13H,5H2,1-4H3/b9-6-,12-11?. The number of hydrogen-bond donors (Lipinski definition) is 1. The maximum atomic E-state index is 11.0. The summed E-state index contributed by atoms with van der Waals surface area (Å²) < 4.78 is 0. The smallest absolute Gasteiger partial charge is 0.183 e. The normalized spacial score (nSPS) is 26.1. The van der Waals surface area contributed by atoms with Gasteiger partial charge in [-0.05, 0) is 18.8 Å². The van der Waals surface area contributed by atoms with E-state index in [-0.39, 0.29) is 28.7 Å². The molecule has 1 aliphatic carbocycles. The molecule has 78 valence electrons. The van der Waals surface area contributed by atoms with Crippen LogP contribution in [0.3, 0.4) is 0 Å². The number of nitrogens with zero attached hydrogens (tertiary/aromatic N) is 2. The quantitative estimate of drug-likeness (QED) is 0.428. The van der Waals surface area contributed by atoms with Crippen LogP contribution in [0.25, 0.3) is 0 Å². The van der Waals surface area contributed by atoms with E-state index in [1.807, 2.05) is 0 Å². The third-order valence-corrected chi connectivity index (χ3v) is 2.43. The molecular weight excluding hydrogens is 180 g/mol. The van der Waals surface area contributed by atoms with Crippen molar-refractivity contribution in [3.8, 4) is 0 Å². The fraction of sp³-hybridized carbons (Fsp3) is 0.700. The molecule has 1 saturated carbocycles. The van der Waals surface area contributed by atoms with Crippen molar-refractivity contribution in [1.82, 2.24) is 0 Å². The lowest BCUT2D eigenvalue weighted by atomic mass is 10.2. The Balaban J connectivity index is 2.68. The summed E-state index contributed by atoms with van der Waals surface area (Å²) in [5.41, 5.74) is 0.266. The first-order chi connectivity index (χ1) is 6.34. The zero-order chi connectivity index (χ0) is 10.9. The molecule has 0 aromatic rings. The van der Waals surface area contributed by atoms with Crippen LogP contribution in [0.2, 0.25) is 0 Å². The third-order valence-electron chi connectivity index (χ3n) is 2.43. The molecule has 1 unspecified atom stereocenters. The van der Waals surface area contributed by atoms with Crippen LogP contribution in [0.1, 0.15) is 34.1 Å². The number of aliphatic hydroxyl groups is 1. The van der Waals surface area contributed by atoms with Crippen molar-refractivity contribution in [1.29, 1.82) is 0 Å². The number of hydrogen-bond acceptors (Lipinski definition) is 4. The Bertz CT molecular complexity index is 312. The van der Waals surface area contributed by atoms with Crippen LogP contribution in [0, 0.1) is 5.41 Å². The summed E-state index contributed by atoms with van der Waals surface area (Å²) in [6, 6.07) is 0.191. The number of allylic oxidation sites excluding steroid dienone is 2. The maximum absolute atomic E-state index is 11.0. The summed E-state index contributed by atoms with van der Waals surface area (Å²) in [6.07, 6.45) is 0.992. The minimum atomic E-state index is -0.257. The Morgan fingerprint density at radius 3 is 2.21 bits per heavy atom. The molecule has 0 aromatic heterocycles. The van der Waals surface area contributed by atoms with Crippen LogP contribution >= 0.6 is 0 Å². The van der Waals surface area contributed by atoms with Crippen LogP contribution in [-0.4, -0.2) is 16.9 Å². The van der Waals surface area contributed by atoms with Crippen LogP contribution in [0.15, 0.2) is 21.7 Å². The van der Waals surface area contributed by atoms with E-state index >= 15 is 0 Å². The highest BCUT2D eigenvalue weighted by Crippen LogP contribution is 2.47. The molecule has 0 radical (unpaired) electrons. The summed E-state index contributed by atoms with van der Waals surface area (Å²) in [4.78, 5) is 11.0. The molecule has 1 rings (SSSR count). The second-order valence-corrected chi connectivity index (χ2v) is 4.41. The van der Waals surface area contributed by atoms with E-state index in [9.17, 15) is 4.79 Å². The molecule has 0 saturated heterocycles. The first kappa shape index (κ1) is 10.9. The van der Waals surface area contributed by atoms with E-state index in [0.29, 0.717) is 0 Å². The van der Waals surface area contributed by atoms with Gasteiger partial charge < -0.3 is 5.11 Å². The Morgan fingerprint density at radius 1 is 1.43 bits per heavy atom. The predicted molar refractivity (Wildman–Crippen MR) is 53.1 cm³/mol. The van der Waals surface area contributed by atoms with Crippen molar-refractivity contribution in [2.45, 2.75) is 40.2 Å². The van der Waals surface area contributed by atoms with Gasteiger partial charge in [0.2, 0.25) is 0 Å². The van der Waals surface area contributed by atoms with E-state index in [4.69, 9.17) is 5.11 Å². The van der Waals surface area contributed by atoms with E-state index in [2.05, 4.69) is 24.1 Å². The number of carbonyl (C=O) groups excluding carboxylic acids is 1. The first-order valence-corrected chi connectivity index (χ1v) is 4.66. The average Bonchev–Trinajstić information content (AvgIpc) is 2.57. The van der Waals surface area contributed by atoms with Gasteiger partial charge in [0.25, 0.3) is 0 Å². The van der Waals surface area contributed by atoms with Gasteiger partial charge in [-0.3, -0.25) is 4.79 Å². The van der Waals surface area contributed by atoms with Gasteiger partial charge in [0, 0.05) is 6.92 Å². The van der Waals surface area contributed by atoms with Gasteiger partial charge >= 0.3 is 0 Å². The van der Waals surface area contributed by atoms with Gasteiger partial charge in [-0.1, -0.05) is 13.8 Å². The predicted octanol–water partition coefficient (Wildman–Crippen LogP) is 2.62. The van der Waals surface area contributed by atoms with Gasteiger partial charge in [0.1, 0.15) is 5.76 Å². The van der Waals surface area contributed by atoms with Crippen molar-refractivity contribution < 1.29 is 9.90 Å². The molecule has 0 spiro atoms. The minimum Gasteiger partial charge on any atom is -0.510 e. The van der Waals surface area contributed by atoms with Gasteiger partial charge in [-0.25, -0.2) is 0 Å². The average molecular weight is 196 g/mol. The monoisotopic (exact) mass is 196 g/mol. The highest BCUT2D eigenvalue weighted by atomic mass is 16.3. The number of aliphatic hydroxyl groups excluding tert-OH is 1. The van der Waals surface area contributed by atoms with Gasteiger partial charge in [0.05, 0.1) is 6.04 Å². The fourth-order valence-electron chi connectivity index (χ4n) is 1.16. The first-order valence-electron chi connectivity index (χ1n) is 4.66. The molecule has 1 aliphatic rings. The molecular formula is C10H16N2O2. The lowest BCUT2D eigenvalue weighted by Gasteiger charge is -1.98. The lowest BCUT2D eigenvalue weighted by molar-refractivity contribution is -0.113. The summed E-state index contributed by atoms with van der Waals surface area (Å²) in [7, 11) is 0. The minimum absolute atomic E-state index is 0.0627. The molecule has 4 heteroatoms. The molecule has 0 heterocycles. The lowest BCUT2D eigenvalue weighted by Crippen LogP contribution is -1.98. The Kier molecular flexibility index (Phi) is 2.73. The summed E-state index contributed by atoms with van der Waals surface area (Å²) >= 11 is 0. The van der Waals surface area contributed by atoms with Crippen molar-refractivity contribution in [2.24, 2.45) is 15.6 Å². The van der Waals surface area contributed by atoms with Crippen molar-refractivity contribution in [3.05, 3.63) is 11.5 Å². The van der Waals surface area contributed by atoms with Crippen LogP contribution in [0.5, 0.6) is 0 Å². The molecule has 0 aliphatic heterocycles. The van der Waals surface area contributed by atoms with Gasteiger partial charge in [-0.2, -0.15) is 5.11 Å². The summed E-state index contributed by atoms with van der Waals surface area (Å²) in [5.74, 6) is -0.327. The summed E-state index contributed by atoms with van der Waals surface area (Å²) in [5, 5.41) is 17.0. The highest BCUT2D eigenvalue weighted by molar-refractivity contribution is 5.93. The molecule has 1 N–H and O–H groups in total.